The fraction of sp³-hybridized carbons (Fsp3) is 0.231. The van der Waals surface area contributed by atoms with Crippen LogP contribution in [0.25, 0.3) is 10.9 Å². The third-order valence-electron chi connectivity index (χ3n) is 2.84. The predicted molar refractivity (Wildman–Crippen MR) is 71.8 cm³/mol. The Kier molecular flexibility index (Phi) is 4.34. The van der Waals surface area contributed by atoms with Gasteiger partial charge in [0.05, 0.1) is 11.9 Å². The third-order valence-corrected chi connectivity index (χ3v) is 2.84. The molecule has 0 aliphatic heterocycles. The number of anilines is 1. The number of benzene rings is 1. The fourth-order valence-corrected chi connectivity index (χ4v) is 1.85. The second kappa shape index (κ2) is 6.07. The lowest BCUT2D eigenvalue weighted by Gasteiger charge is -2.16. The molecule has 0 aliphatic carbocycles. The Hall–Kier alpha value is -2.91. The van der Waals surface area contributed by atoms with Gasteiger partial charge in [0.1, 0.15) is 11.9 Å². The van der Waals surface area contributed by atoms with E-state index in [2.05, 4.69) is 15.3 Å². The van der Waals surface area contributed by atoms with Gasteiger partial charge < -0.3 is 15.5 Å². The van der Waals surface area contributed by atoms with E-state index in [1.807, 2.05) is 0 Å². The van der Waals surface area contributed by atoms with Crippen molar-refractivity contribution < 1.29 is 33.0 Å². The summed E-state index contributed by atoms with van der Waals surface area (Å²) in [5.41, 5.74) is -0.0446. The molecule has 0 amide bonds. The summed E-state index contributed by atoms with van der Waals surface area (Å²) < 4.78 is 38.5. The normalized spacial score (nSPS) is 12.8. The molecule has 1 aromatic heterocycles. The molecule has 0 radical (unpaired) electrons. The van der Waals surface area contributed by atoms with Crippen LogP contribution in [0.2, 0.25) is 0 Å². The van der Waals surface area contributed by atoms with Gasteiger partial charge in [-0.2, -0.15) is 13.2 Å². The van der Waals surface area contributed by atoms with Gasteiger partial charge in [0.25, 0.3) is 0 Å². The SMILES string of the molecule is O=C(O)C[C@@H](Nc1nc(C(F)(F)F)nc2ccccc12)C(=O)O. The highest BCUT2D eigenvalue weighted by Crippen LogP contribution is 2.30. The van der Waals surface area contributed by atoms with Crippen LogP contribution in [0.5, 0.6) is 0 Å². The summed E-state index contributed by atoms with van der Waals surface area (Å²) in [4.78, 5) is 28.4. The number of fused-ring (bicyclic) bond motifs is 1. The molecular formula is C13H10F3N3O4. The number of alkyl halides is 3. The number of hydrogen-bond donors (Lipinski definition) is 3. The van der Waals surface area contributed by atoms with Crippen molar-refractivity contribution in [3.8, 4) is 0 Å². The molecule has 0 fully saturated rings. The Morgan fingerprint density at radius 2 is 1.83 bits per heavy atom. The Labute approximate surface area is 126 Å². The molecule has 0 aliphatic rings. The first-order chi connectivity index (χ1) is 10.7. The summed E-state index contributed by atoms with van der Waals surface area (Å²) in [7, 11) is 0. The van der Waals surface area contributed by atoms with E-state index < -0.39 is 42.2 Å². The van der Waals surface area contributed by atoms with Gasteiger partial charge in [-0.15, -0.1) is 0 Å². The first-order valence-electron chi connectivity index (χ1n) is 6.23. The van der Waals surface area contributed by atoms with Crippen LogP contribution in [0, 0.1) is 0 Å². The van der Waals surface area contributed by atoms with Crippen LogP contribution >= 0.6 is 0 Å². The first-order valence-corrected chi connectivity index (χ1v) is 6.23. The number of para-hydroxylation sites is 1. The molecule has 7 nitrogen and oxygen atoms in total. The van der Waals surface area contributed by atoms with Gasteiger partial charge in [0.15, 0.2) is 0 Å². The van der Waals surface area contributed by atoms with Crippen LogP contribution in [0.15, 0.2) is 24.3 Å². The molecule has 1 heterocycles. The lowest BCUT2D eigenvalue weighted by atomic mass is 10.2. The molecule has 10 heteroatoms. The van der Waals surface area contributed by atoms with Gasteiger partial charge in [-0.25, -0.2) is 14.8 Å². The van der Waals surface area contributed by atoms with Crippen molar-refractivity contribution in [3.63, 3.8) is 0 Å². The number of aromatic nitrogens is 2. The number of carbonyl (C=O) groups is 2. The summed E-state index contributed by atoms with van der Waals surface area (Å²) in [6.07, 6.45) is -5.65. The number of rotatable bonds is 5. The number of nitrogens with zero attached hydrogens (tertiary/aromatic N) is 2. The molecular weight excluding hydrogens is 319 g/mol. The van der Waals surface area contributed by atoms with E-state index >= 15 is 0 Å². The monoisotopic (exact) mass is 329 g/mol. The smallest absolute Gasteiger partial charge is 0.451 e. The minimum atomic E-state index is -4.83. The van der Waals surface area contributed by atoms with Crippen LogP contribution in [-0.2, 0) is 15.8 Å². The minimum absolute atomic E-state index is 0.0446. The van der Waals surface area contributed by atoms with Gasteiger partial charge in [-0.1, -0.05) is 12.1 Å². The maximum absolute atomic E-state index is 12.8. The zero-order valence-electron chi connectivity index (χ0n) is 11.3. The average molecular weight is 329 g/mol. The molecule has 0 bridgehead atoms. The highest BCUT2D eigenvalue weighted by atomic mass is 19.4. The van der Waals surface area contributed by atoms with E-state index in [1.54, 1.807) is 0 Å². The summed E-state index contributed by atoms with van der Waals surface area (Å²) in [6, 6.07) is 4.05. The van der Waals surface area contributed by atoms with E-state index in [-0.39, 0.29) is 10.9 Å². The molecule has 2 aromatic rings. The van der Waals surface area contributed by atoms with Crippen LogP contribution in [0.4, 0.5) is 19.0 Å². The lowest BCUT2D eigenvalue weighted by molar-refractivity contribution is -0.145. The van der Waals surface area contributed by atoms with Crippen molar-refractivity contribution in [2.45, 2.75) is 18.6 Å². The largest absolute Gasteiger partial charge is 0.481 e. The van der Waals surface area contributed by atoms with Gasteiger partial charge >= 0.3 is 18.1 Å². The van der Waals surface area contributed by atoms with Crippen LogP contribution in [0.3, 0.4) is 0 Å². The van der Waals surface area contributed by atoms with E-state index in [0.717, 1.165) is 0 Å². The molecule has 1 atom stereocenters. The van der Waals surface area contributed by atoms with Crippen LogP contribution < -0.4 is 5.32 Å². The van der Waals surface area contributed by atoms with Crippen molar-refractivity contribution >= 4 is 28.7 Å². The minimum Gasteiger partial charge on any atom is -0.481 e. The number of aliphatic carboxylic acids is 2. The highest BCUT2D eigenvalue weighted by Gasteiger charge is 2.36. The number of hydrogen-bond acceptors (Lipinski definition) is 5. The topological polar surface area (TPSA) is 112 Å². The summed E-state index contributed by atoms with van der Waals surface area (Å²) in [5, 5.41) is 20.1. The Bertz CT molecular complexity index is 764. The maximum atomic E-state index is 12.8. The molecule has 1 aromatic carbocycles. The van der Waals surface area contributed by atoms with E-state index in [0.29, 0.717) is 0 Å². The van der Waals surface area contributed by atoms with Crippen molar-refractivity contribution in [2.24, 2.45) is 0 Å². The Morgan fingerprint density at radius 3 is 2.39 bits per heavy atom. The number of carboxylic acids is 2. The lowest BCUT2D eigenvalue weighted by Crippen LogP contribution is -2.32. The second-order valence-corrected chi connectivity index (χ2v) is 4.54. The highest BCUT2D eigenvalue weighted by molar-refractivity contribution is 5.92. The third kappa shape index (κ3) is 3.84. The van der Waals surface area contributed by atoms with Crippen molar-refractivity contribution in [3.05, 3.63) is 30.1 Å². The number of halogens is 3. The van der Waals surface area contributed by atoms with Gasteiger partial charge in [0.2, 0.25) is 5.82 Å². The Balaban J connectivity index is 2.53. The van der Waals surface area contributed by atoms with Gasteiger partial charge in [0, 0.05) is 5.39 Å². The fourth-order valence-electron chi connectivity index (χ4n) is 1.85. The summed E-state index contributed by atoms with van der Waals surface area (Å²) >= 11 is 0. The molecule has 23 heavy (non-hydrogen) atoms. The van der Waals surface area contributed by atoms with Crippen LogP contribution in [0.1, 0.15) is 12.2 Å². The molecule has 0 spiro atoms. The molecule has 3 N–H and O–H groups in total. The van der Waals surface area contributed by atoms with Gasteiger partial charge in [-0.3, -0.25) is 4.79 Å². The molecule has 122 valence electrons. The summed E-state index contributed by atoms with van der Waals surface area (Å²) in [6.45, 7) is 0. The van der Waals surface area contributed by atoms with Crippen LogP contribution in [-0.4, -0.2) is 38.2 Å². The molecule has 0 saturated heterocycles. The van der Waals surface area contributed by atoms with E-state index in [4.69, 9.17) is 10.2 Å². The molecule has 0 unspecified atom stereocenters. The average Bonchev–Trinajstić information content (AvgIpc) is 2.44. The quantitative estimate of drug-likeness (QED) is 0.769. The zero-order valence-corrected chi connectivity index (χ0v) is 11.3. The predicted octanol–water partition coefficient (Wildman–Crippen LogP) is 1.99. The number of nitrogens with one attached hydrogen (secondary N) is 1. The molecule has 0 saturated carbocycles. The summed E-state index contributed by atoms with van der Waals surface area (Å²) in [5.74, 6) is -4.78. The maximum Gasteiger partial charge on any atom is 0.451 e. The number of carboxylic acid groups (broad SMARTS) is 2. The van der Waals surface area contributed by atoms with Crippen molar-refractivity contribution in [1.82, 2.24) is 9.97 Å². The van der Waals surface area contributed by atoms with E-state index in [1.165, 1.54) is 24.3 Å². The van der Waals surface area contributed by atoms with Crippen molar-refractivity contribution in [1.29, 1.82) is 0 Å². The standard InChI is InChI=1S/C13H10F3N3O4/c14-13(15,16)12-18-7-4-2-1-3-6(7)10(19-12)17-8(11(22)23)5-9(20)21/h1-4,8H,5H2,(H,20,21)(H,22,23)(H,17,18,19)/t8-/m1/s1. The second-order valence-electron chi connectivity index (χ2n) is 4.54. The Morgan fingerprint density at radius 1 is 1.17 bits per heavy atom. The van der Waals surface area contributed by atoms with Crippen molar-refractivity contribution in [2.75, 3.05) is 5.32 Å². The first kappa shape index (κ1) is 16.5. The molecule has 2 rings (SSSR count). The van der Waals surface area contributed by atoms with Gasteiger partial charge in [-0.05, 0) is 12.1 Å². The zero-order chi connectivity index (χ0) is 17.2. The van der Waals surface area contributed by atoms with E-state index in [9.17, 15) is 22.8 Å².